The molecule has 160 valence electrons. The summed E-state index contributed by atoms with van der Waals surface area (Å²) in [7, 11) is 0. The smallest absolute Gasteiger partial charge is 0.157 e. The van der Waals surface area contributed by atoms with E-state index in [1.807, 2.05) is 24.3 Å². The minimum atomic E-state index is 0.136. The van der Waals surface area contributed by atoms with E-state index in [9.17, 15) is 0 Å². The predicted molar refractivity (Wildman–Crippen MR) is 132 cm³/mol. The molecule has 0 radical (unpaired) electrons. The second-order valence-electron chi connectivity index (χ2n) is 5.58. The Hall–Kier alpha value is -0.890. The highest BCUT2D eigenvalue weighted by atomic mass is 79.9. The molecule has 0 saturated carbocycles. The zero-order valence-corrected chi connectivity index (χ0v) is 21.5. The molecule has 0 atom stereocenters. The molecule has 0 unspecified atom stereocenters. The highest BCUT2D eigenvalue weighted by Crippen LogP contribution is 2.37. The molecule has 0 aromatic heterocycles. The van der Waals surface area contributed by atoms with Gasteiger partial charge in [0.1, 0.15) is 30.1 Å². The van der Waals surface area contributed by atoms with Crippen molar-refractivity contribution >= 4 is 84.5 Å². The van der Waals surface area contributed by atoms with Crippen molar-refractivity contribution in [1.29, 1.82) is 0 Å². The third kappa shape index (κ3) is 9.50. The summed E-state index contributed by atoms with van der Waals surface area (Å²) in [5, 5.41) is 4.56. The SMILES string of the molecule is ClC(Cl)=CCON=Cc1ccc(COc2c(Cl)cc(OCC=C(Br)Br)cc2Cl)cc1. The molecule has 2 rings (SSSR count). The zero-order valence-electron chi connectivity index (χ0n) is 15.3. The summed E-state index contributed by atoms with van der Waals surface area (Å²) in [5.74, 6) is 0.942. The van der Waals surface area contributed by atoms with Gasteiger partial charge in [-0.1, -0.05) is 75.8 Å². The maximum atomic E-state index is 6.29. The van der Waals surface area contributed by atoms with Gasteiger partial charge in [-0.25, -0.2) is 0 Å². The normalized spacial score (nSPS) is 10.6. The quantitative estimate of drug-likeness (QED) is 0.153. The lowest BCUT2D eigenvalue weighted by Crippen LogP contribution is -1.99. The lowest BCUT2D eigenvalue weighted by atomic mass is 10.1. The largest absolute Gasteiger partial charge is 0.489 e. The minimum Gasteiger partial charge on any atom is -0.489 e. The fourth-order valence-electron chi connectivity index (χ4n) is 2.06. The first kappa shape index (κ1) is 25.4. The Morgan fingerprint density at radius 2 is 1.60 bits per heavy atom. The number of hydrogen-bond acceptors (Lipinski definition) is 4. The first-order valence-electron chi connectivity index (χ1n) is 8.36. The summed E-state index contributed by atoms with van der Waals surface area (Å²) in [6.45, 7) is 0.850. The van der Waals surface area contributed by atoms with Crippen LogP contribution in [0.4, 0.5) is 0 Å². The van der Waals surface area contributed by atoms with Crippen molar-refractivity contribution in [2.24, 2.45) is 5.16 Å². The number of ether oxygens (including phenoxy) is 2. The Balaban J connectivity index is 1.91. The monoisotopic (exact) mass is 615 g/mol. The zero-order chi connectivity index (χ0) is 21.9. The van der Waals surface area contributed by atoms with Gasteiger partial charge in [0.05, 0.1) is 19.7 Å². The second kappa shape index (κ2) is 13.5. The van der Waals surface area contributed by atoms with E-state index >= 15 is 0 Å². The van der Waals surface area contributed by atoms with Gasteiger partial charge in [0.25, 0.3) is 0 Å². The van der Waals surface area contributed by atoms with Gasteiger partial charge >= 0.3 is 0 Å². The van der Waals surface area contributed by atoms with E-state index in [1.54, 1.807) is 24.4 Å². The third-order valence-electron chi connectivity index (χ3n) is 3.41. The molecule has 0 fully saturated rings. The van der Waals surface area contributed by atoms with Crippen LogP contribution in [-0.2, 0) is 11.4 Å². The van der Waals surface area contributed by atoms with Gasteiger partial charge in [0.2, 0.25) is 0 Å². The summed E-state index contributed by atoms with van der Waals surface area (Å²) >= 11 is 30.1. The molecule has 0 amide bonds. The van der Waals surface area contributed by atoms with Gasteiger partial charge in [-0.3, -0.25) is 0 Å². The van der Waals surface area contributed by atoms with Gasteiger partial charge in [0, 0.05) is 12.1 Å². The Kier molecular flexibility index (Phi) is 11.4. The van der Waals surface area contributed by atoms with Crippen LogP contribution in [0.25, 0.3) is 0 Å². The molecule has 4 nitrogen and oxygen atoms in total. The van der Waals surface area contributed by atoms with Crippen LogP contribution >= 0.6 is 78.3 Å². The average molecular weight is 619 g/mol. The molecule has 0 spiro atoms. The molecule has 0 aliphatic carbocycles. The van der Waals surface area contributed by atoms with Gasteiger partial charge < -0.3 is 14.3 Å². The van der Waals surface area contributed by atoms with Crippen molar-refractivity contribution in [1.82, 2.24) is 0 Å². The second-order valence-corrected chi connectivity index (χ2v) is 10.2. The van der Waals surface area contributed by atoms with Crippen molar-refractivity contribution in [3.8, 4) is 11.5 Å². The molecule has 0 N–H and O–H groups in total. The third-order valence-corrected chi connectivity index (χ3v) is 4.93. The summed E-state index contributed by atoms with van der Waals surface area (Å²) in [6, 6.07) is 10.9. The van der Waals surface area contributed by atoms with Crippen molar-refractivity contribution in [3.05, 3.63) is 77.6 Å². The van der Waals surface area contributed by atoms with E-state index in [0.29, 0.717) is 34.8 Å². The standard InChI is InChI=1S/C20H15Br2Cl4NO3/c21-18(22)5-7-28-15-9-16(23)20(17(24)10-15)29-12-14-3-1-13(2-4-14)11-27-30-8-6-19(25)26/h1-6,9-11H,7-8,12H2. The molecular formula is C20H15Br2Cl4NO3. The van der Waals surface area contributed by atoms with Crippen molar-refractivity contribution in [2.45, 2.75) is 6.61 Å². The van der Waals surface area contributed by atoms with Crippen molar-refractivity contribution in [3.63, 3.8) is 0 Å². The molecule has 30 heavy (non-hydrogen) atoms. The fraction of sp³-hybridized carbons (Fsp3) is 0.150. The summed E-state index contributed by atoms with van der Waals surface area (Å²) < 4.78 is 12.3. The summed E-state index contributed by atoms with van der Waals surface area (Å²) in [4.78, 5) is 5.01. The Morgan fingerprint density at radius 3 is 2.20 bits per heavy atom. The van der Waals surface area contributed by atoms with Crippen molar-refractivity contribution in [2.75, 3.05) is 13.2 Å². The topological polar surface area (TPSA) is 40.0 Å². The van der Waals surface area contributed by atoms with Gasteiger partial charge in [0.15, 0.2) is 5.75 Å². The number of nitrogens with zero attached hydrogens (tertiary/aromatic N) is 1. The van der Waals surface area contributed by atoms with Crippen LogP contribution in [0, 0.1) is 0 Å². The molecule has 0 aliphatic heterocycles. The van der Waals surface area contributed by atoms with E-state index in [4.69, 9.17) is 60.7 Å². The first-order chi connectivity index (χ1) is 14.3. The maximum absolute atomic E-state index is 6.29. The number of benzene rings is 2. The summed E-state index contributed by atoms with van der Waals surface area (Å²) in [5.41, 5.74) is 1.80. The molecule has 10 heteroatoms. The van der Waals surface area contributed by atoms with E-state index in [1.165, 1.54) is 6.08 Å². The molecule has 0 saturated heterocycles. The van der Waals surface area contributed by atoms with Crippen LogP contribution in [-0.4, -0.2) is 19.4 Å². The lowest BCUT2D eigenvalue weighted by Gasteiger charge is -2.12. The van der Waals surface area contributed by atoms with E-state index < -0.39 is 0 Å². The Morgan fingerprint density at radius 1 is 0.933 bits per heavy atom. The number of oxime groups is 1. The van der Waals surface area contributed by atoms with Gasteiger partial charge in [-0.15, -0.1) is 0 Å². The lowest BCUT2D eigenvalue weighted by molar-refractivity contribution is 0.176. The van der Waals surface area contributed by atoms with Crippen LogP contribution < -0.4 is 9.47 Å². The van der Waals surface area contributed by atoms with E-state index in [-0.39, 0.29) is 11.1 Å². The molecular weight excluding hydrogens is 604 g/mol. The maximum Gasteiger partial charge on any atom is 0.157 e. The van der Waals surface area contributed by atoms with Crippen LogP contribution in [0.2, 0.25) is 10.0 Å². The highest BCUT2D eigenvalue weighted by Gasteiger charge is 2.11. The van der Waals surface area contributed by atoms with Crippen LogP contribution in [0.15, 0.2) is 61.6 Å². The van der Waals surface area contributed by atoms with E-state index in [2.05, 4.69) is 37.0 Å². The van der Waals surface area contributed by atoms with Crippen LogP contribution in [0.1, 0.15) is 11.1 Å². The van der Waals surface area contributed by atoms with Crippen LogP contribution in [0.5, 0.6) is 11.5 Å². The Bertz CT molecular complexity index is 903. The van der Waals surface area contributed by atoms with Gasteiger partial charge in [-0.05, 0) is 55.1 Å². The molecule has 0 bridgehead atoms. The highest BCUT2D eigenvalue weighted by molar-refractivity contribution is 9.28. The molecule has 0 heterocycles. The molecule has 2 aromatic carbocycles. The molecule has 2 aromatic rings. The summed E-state index contributed by atoms with van der Waals surface area (Å²) in [6.07, 6.45) is 4.88. The fourth-order valence-corrected chi connectivity index (χ4v) is 3.02. The predicted octanol–water partition coefficient (Wildman–Crippen LogP) is 8.25. The minimum absolute atomic E-state index is 0.136. The number of hydrogen-bond donors (Lipinski definition) is 0. The first-order valence-corrected chi connectivity index (χ1v) is 11.5. The average Bonchev–Trinajstić information content (AvgIpc) is 2.67. The number of rotatable bonds is 10. The van der Waals surface area contributed by atoms with Crippen molar-refractivity contribution < 1.29 is 14.3 Å². The number of halogens is 6. The van der Waals surface area contributed by atoms with E-state index in [0.717, 1.165) is 14.5 Å². The Labute approximate surface area is 211 Å². The van der Waals surface area contributed by atoms with Gasteiger partial charge in [-0.2, -0.15) is 0 Å². The van der Waals surface area contributed by atoms with Crippen LogP contribution in [0.3, 0.4) is 0 Å². The molecule has 0 aliphatic rings.